The third kappa shape index (κ3) is 2.42. The number of carbonyl (C=O) groups is 1. The Morgan fingerprint density at radius 1 is 1.20 bits per heavy atom. The highest BCUT2D eigenvalue weighted by Gasteiger charge is 2.27. The van der Waals surface area contributed by atoms with E-state index in [1.54, 1.807) is 18.1 Å². The fourth-order valence-electron chi connectivity index (χ4n) is 2.53. The minimum atomic E-state index is -0.183. The Kier molecular flexibility index (Phi) is 3.48. The number of nitrogens with one attached hydrogen (secondary N) is 1. The van der Waals surface area contributed by atoms with Crippen LogP contribution < -0.4 is 10.2 Å². The molecule has 1 unspecified atom stereocenters. The predicted octanol–water partition coefficient (Wildman–Crippen LogP) is 1.76. The first-order valence-corrected chi connectivity index (χ1v) is 6.74. The number of likely N-dealkylation sites (N-methyl/N-ethyl adjacent to an activating group) is 1. The second-order valence-corrected chi connectivity index (χ2v) is 4.99. The molecule has 0 spiro atoms. The number of pyridine rings is 1. The van der Waals surface area contributed by atoms with Gasteiger partial charge in [-0.1, -0.05) is 30.3 Å². The van der Waals surface area contributed by atoms with Crippen molar-refractivity contribution >= 4 is 11.7 Å². The first-order chi connectivity index (χ1) is 9.75. The lowest BCUT2D eigenvalue weighted by molar-refractivity contribution is -0.120. The molecule has 2 heterocycles. The van der Waals surface area contributed by atoms with Crippen LogP contribution in [-0.4, -0.2) is 24.0 Å². The van der Waals surface area contributed by atoms with E-state index >= 15 is 0 Å². The molecule has 0 fully saturated rings. The number of benzene rings is 1. The van der Waals surface area contributed by atoms with Gasteiger partial charge in [-0.05, 0) is 29.7 Å². The molecule has 4 nitrogen and oxygen atoms in total. The van der Waals surface area contributed by atoms with Crippen LogP contribution in [0.15, 0.2) is 48.7 Å². The first kappa shape index (κ1) is 12.8. The number of nitrogens with zero attached hydrogens (tertiary/aromatic N) is 2. The van der Waals surface area contributed by atoms with E-state index in [2.05, 4.69) is 22.4 Å². The zero-order valence-electron chi connectivity index (χ0n) is 11.4. The van der Waals surface area contributed by atoms with Gasteiger partial charge in [-0.25, -0.2) is 4.98 Å². The van der Waals surface area contributed by atoms with Gasteiger partial charge in [0.15, 0.2) is 0 Å². The average Bonchev–Trinajstić information content (AvgIpc) is 2.54. The second-order valence-electron chi connectivity index (χ2n) is 4.99. The molecular weight excluding hydrogens is 250 g/mol. The van der Waals surface area contributed by atoms with Crippen LogP contribution in [0.25, 0.3) is 0 Å². The van der Waals surface area contributed by atoms with Gasteiger partial charge in [0.1, 0.15) is 5.82 Å². The van der Waals surface area contributed by atoms with E-state index in [4.69, 9.17) is 0 Å². The Hall–Kier alpha value is -2.20. The number of amides is 1. The van der Waals surface area contributed by atoms with Gasteiger partial charge in [-0.15, -0.1) is 0 Å². The first-order valence-electron chi connectivity index (χ1n) is 6.74. The maximum Gasteiger partial charge on any atom is 0.245 e. The number of aromatic nitrogens is 1. The number of fused-ring (bicyclic) bond motifs is 1. The molecule has 1 atom stereocenters. The molecule has 4 heteroatoms. The molecule has 1 aliphatic rings. The molecule has 3 rings (SSSR count). The van der Waals surface area contributed by atoms with Crippen LogP contribution in [0.1, 0.15) is 11.1 Å². The molecule has 102 valence electrons. The molecule has 0 bridgehead atoms. The zero-order chi connectivity index (χ0) is 13.9. The normalized spacial score (nSPS) is 17.4. The molecule has 1 N–H and O–H groups in total. The van der Waals surface area contributed by atoms with Crippen molar-refractivity contribution < 1.29 is 4.79 Å². The monoisotopic (exact) mass is 267 g/mol. The topological polar surface area (TPSA) is 45.2 Å². The summed E-state index contributed by atoms with van der Waals surface area (Å²) < 4.78 is 0. The molecule has 20 heavy (non-hydrogen) atoms. The van der Waals surface area contributed by atoms with E-state index in [1.165, 1.54) is 11.1 Å². The Morgan fingerprint density at radius 3 is 2.70 bits per heavy atom. The molecule has 0 aliphatic carbocycles. The van der Waals surface area contributed by atoms with Crippen molar-refractivity contribution in [2.75, 3.05) is 11.9 Å². The van der Waals surface area contributed by atoms with E-state index in [0.29, 0.717) is 5.82 Å². The largest absolute Gasteiger partial charge is 0.301 e. The Labute approximate surface area is 118 Å². The van der Waals surface area contributed by atoms with Crippen molar-refractivity contribution in [3.8, 4) is 0 Å². The van der Waals surface area contributed by atoms with Crippen LogP contribution in [0.5, 0.6) is 0 Å². The van der Waals surface area contributed by atoms with Gasteiger partial charge in [0, 0.05) is 19.8 Å². The molecule has 1 aliphatic heterocycles. The molecule has 0 saturated heterocycles. The van der Waals surface area contributed by atoms with Crippen molar-refractivity contribution in [1.82, 2.24) is 10.3 Å². The second kappa shape index (κ2) is 5.43. The Morgan fingerprint density at radius 2 is 1.95 bits per heavy atom. The number of rotatable bonds is 2. The van der Waals surface area contributed by atoms with Crippen molar-refractivity contribution in [1.29, 1.82) is 0 Å². The predicted molar refractivity (Wildman–Crippen MR) is 78.4 cm³/mol. The van der Waals surface area contributed by atoms with Crippen molar-refractivity contribution in [3.05, 3.63) is 59.8 Å². The maximum atomic E-state index is 12.5. The summed E-state index contributed by atoms with van der Waals surface area (Å²) in [5.41, 5.74) is 2.52. The molecular formula is C16H17N3O. The SMILES string of the molecule is CN(C(=O)C1Cc2ccccc2CN1)c1ccccn1. The molecule has 1 aromatic heterocycles. The third-order valence-corrected chi connectivity index (χ3v) is 3.70. The molecule has 0 saturated carbocycles. The fourth-order valence-corrected chi connectivity index (χ4v) is 2.53. The summed E-state index contributed by atoms with van der Waals surface area (Å²) in [4.78, 5) is 18.4. The summed E-state index contributed by atoms with van der Waals surface area (Å²) in [7, 11) is 1.77. The summed E-state index contributed by atoms with van der Waals surface area (Å²) in [6, 6.07) is 13.6. The smallest absolute Gasteiger partial charge is 0.245 e. The number of anilines is 1. The standard InChI is InChI=1S/C16H17N3O/c1-19(15-8-4-5-9-17-15)16(20)14-10-12-6-2-3-7-13(12)11-18-14/h2-9,14,18H,10-11H2,1H3. The van der Waals surface area contributed by atoms with Gasteiger partial charge < -0.3 is 5.32 Å². The lowest BCUT2D eigenvalue weighted by Crippen LogP contribution is -2.48. The fraction of sp³-hybridized carbons (Fsp3) is 0.250. The zero-order valence-corrected chi connectivity index (χ0v) is 11.4. The van der Waals surface area contributed by atoms with Crippen LogP contribution in [0.2, 0.25) is 0 Å². The van der Waals surface area contributed by atoms with Gasteiger partial charge in [0.25, 0.3) is 0 Å². The molecule has 0 radical (unpaired) electrons. The van der Waals surface area contributed by atoms with Gasteiger partial charge in [-0.2, -0.15) is 0 Å². The van der Waals surface area contributed by atoms with Crippen molar-refractivity contribution in [2.45, 2.75) is 19.0 Å². The quantitative estimate of drug-likeness (QED) is 0.901. The molecule has 1 aromatic carbocycles. The van der Waals surface area contributed by atoms with E-state index in [0.717, 1.165) is 13.0 Å². The number of carbonyl (C=O) groups excluding carboxylic acids is 1. The van der Waals surface area contributed by atoms with Gasteiger partial charge in [0.2, 0.25) is 5.91 Å². The molecule has 1 amide bonds. The minimum absolute atomic E-state index is 0.0539. The van der Waals surface area contributed by atoms with Gasteiger partial charge >= 0.3 is 0 Å². The summed E-state index contributed by atoms with van der Waals surface area (Å²) in [6.07, 6.45) is 2.43. The summed E-state index contributed by atoms with van der Waals surface area (Å²) in [6.45, 7) is 0.739. The molecule has 2 aromatic rings. The summed E-state index contributed by atoms with van der Waals surface area (Å²) >= 11 is 0. The average molecular weight is 267 g/mol. The van der Waals surface area contributed by atoms with E-state index in [1.807, 2.05) is 30.3 Å². The summed E-state index contributed by atoms with van der Waals surface area (Å²) in [5, 5.41) is 3.31. The van der Waals surface area contributed by atoms with Crippen LogP contribution in [0.4, 0.5) is 5.82 Å². The lowest BCUT2D eigenvalue weighted by atomic mass is 9.95. The van der Waals surface area contributed by atoms with E-state index in [-0.39, 0.29) is 11.9 Å². The highest BCUT2D eigenvalue weighted by molar-refractivity contribution is 5.96. The van der Waals surface area contributed by atoms with Gasteiger partial charge in [-0.3, -0.25) is 9.69 Å². The van der Waals surface area contributed by atoms with Crippen LogP contribution >= 0.6 is 0 Å². The Bertz CT molecular complexity index is 612. The Balaban J connectivity index is 1.76. The van der Waals surface area contributed by atoms with E-state index < -0.39 is 0 Å². The minimum Gasteiger partial charge on any atom is -0.301 e. The van der Waals surface area contributed by atoms with Gasteiger partial charge in [0.05, 0.1) is 6.04 Å². The van der Waals surface area contributed by atoms with Crippen molar-refractivity contribution in [2.24, 2.45) is 0 Å². The summed E-state index contributed by atoms with van der Waals surface area (Å²) in [5.74, 6) is 0.733. The lowest BCUT2D eigenvalue weighted by Gasteiger charge is -2.28. The number of hydrogen-bond donors (Lipinski definition) is 1. The highest BCUT2D eigenvalue weighted by atomic mass is 16.2. The highest BCUT2D eigenvalue weighted by Crippen LogP contribution is 2.18. The van der Waals surface area contributed by atoms with E-state index in [9.17, 15) is 4.79 Å². The third-order valence-electron chi connectivity index (χ3n) is 3.70. The van der Waals surface area contributed by atoms with Crippen LogP contribution in [0.3, 0.4) is 0 Å². The van der Waals surface area contributed by atoms with Crippen LogP contribution in [0, 0.1) is 0 Å². The number of hydrogen-bond acceptors (Lipinski definition) is 3. The maximum absolute atomic E-state index is 12.5. The van der Waals surface area contributed by atoms with Crippen LogP contribution in [-0.2, 0) is 17.8 Å². The van der Waals surface area contributed by atoms with Crippen molar-refractivity contribution in [3.63, 3.8) is 0 Å².